The van der Waals surface area contributed by atoms with Crippen LogP contribution in [0.5, 0.6) is 0 Å². The maximum atomic E-state index is 13.2. The van der Waals surface area contributed by atoms with Gasteiger partial charge in [0.2, 0.25) is 5.78 Å². The van der Waals surface area contributed by atoms with E-state index in [9.17, 15) is 9.59 Å². The van der Waals surface area contributed by atoms with E-state index in [1.165, 1.54) is 0 Å². The molecule has 3 heterocycles. The van der Waals surface area contributed by atoms with Crippen LogP contribution in [0.4, 0.5) is 0 Å². The van der Waals surface area contributed by atoms with Crippen molar-refractivity contribution in [1.29, 1.82) is 0 Å². The number of hydrogen-bond donors (Lipinski definition) is 0. The lowest BCUT2D eigenvalue weighted by molar-refractivity contribution is -0.144. The molecular weight excluding hydrogens is 316 g/mol. The van der Waals surface area contributed by atoms with Crippen molar-refractivity contribution in [3.63, 3.8) is 0 Å². The lowest BCUT2D eigenvalue weighted by Crippen LogP contribution is -2.15. The highest BCUT2D eigenvalue weighted by Gasteiger charge is 2.34. The van der Waals surface area contributed by atoms with Crippen LogP contribution in [0.3, 0.4) is 0 Å². The number of aryl methyl sites for hydroxylation is 1. The summed E-state index contributed by atoms with van der Waals surface area (Å²) in [5, 5.41) is 0. The molecule has 25 heavy (non-hydrogen) atoms. The summed E-state index contributed by atoms with van der Waals surface area (Å²) in [4.78, 5) is 25.4. The molecule has 0 saturated heterocycles. The monoisotopic (exact) mass is 342 g/mol. The number of ketones is 1. The average Bonchev–Trinajstić information content (AvgIpc) is 3.19. The molecule has 134 valence electrons. The van der Waals surface area contributed by atoms with Crippen LogP contribution in [-0.2, 0) is 23.1 Å². The Hall–Kier alpha value is -2.30. The molecule has 2 aromatic heterocycles. The number of ether oxygens (including phenoxy) is 1. The summed E-state index contributed by atoms with van der Waals surface area (Å²) in [6.45, 7) is 9.04. The number of fused-ring (bicyclic) bond motifs is 1. The fourth-order valence-electron chi connectivity index (χ4n) is 3.88. The molecule has 5 nitrogen and oxygen atoms in total. The van der Waals surface area contributed by atoms with Gasteiger partial charge in [0.05, 0.1) is 23.9 Å². The van der Waals surface area contributed by atoms with E-state index in [1.54, 1.807) is 0 Å². The van der Waals surface area contributed by atoms with E-state index in [0.29, 0.717) is 36.9 Å². The summed E-state index contributed by atoms with van der Waals surface area (Å²) < 4.78 is 9.16. The molecule has 3 rings (SSSR count). The molecule has 0 aromatic carbocycles. The number of carbonyl (C=O) groups excluding carboxylic acids is 2. The molecule has 1 unspecified atom stereocenters. The second kappa shape index (κ2) is 6.54. The Morgan fingerprint density at radius 2 is 2.04 bits per heavy atom. The number of rotatable bonds is 5. The van der Waals surface area contributed by atoms with Crippen LogP contribution < -0.4 is 0 Å². The van der Waals surface area contributed by atoms with Crippen molar-refractivity contribution in [3.05, 3.63) is 46.5 Å². The first-order valence-electron chi connectivity index (χ1n) is 8.93. The molecule has 0 amide bonds. The smallest absolute Gasteiger partial charge is 0.315 e. The van der Waals surface area contributed by atoms with Gasteiger partial charge in [0.15, 0.2) is 0 Å². The molecule has 2 aromatic rings. The van der Waals surface area contributed by atoms with Crippen LogP contribution in [-0.4, -0.2) is 27.5 Å². The normalized spacial score (nSPS) is 16.3. The number of aromatic nitrogens is 2. The number of carbonyl (C=O) groups is 2. The zero-order valence-corrected chi connectivity index (χ0v) is 15.6. The van der Waals surface area contributed by atoms with Crippen molar-refractivity contribution < 1.29 is 14.3 Å². The van der Waals surface area contributed by atoms with Gasteiger partial charge < -0.3 is 13.9 Å². The van der Waals surface area contributed by atoms with Crippen molar-refractivity contribution in [2.75, 3.05) is 6.61 Å². The first kappa shape index (κ1) is 17.5. The van der Waals surface area contributed by atoms with Gasteiger partial charge in [-0.05, 0) is 49.9 Å². The van der Waals surface area contributed by atoms with Gasteiger partial charge in [-0.1, -0.05) is 13.8 Å². The Bertz CT molecular complexity index is 826. The predicted octanol–water partition coefficient (Wildman–Crippen LogP) is 3.54. The topological polar surface area (TPSA) is 53.2 Å². The highest BCUT2D eigenvalue weighted by atomic mass is 16.5. The molecule has 0 radical (unpaired) electrons. The molecule has 0 spiro atoms. The molecule has 0 bridgehead atoms. The average molecular weight is 342 g/mol. The standard InChI is InChI=1S/C20H26N2O3/c1-6-25-20(24)14-9-10-22-17(14)11-13(4)18(22)19(23)16-8-7-15(12(2)3)21(16)5/h7-8,11-12,14H,6,9-10H2,1-5H3. The van der Waals surface area contributed by atoms with Crippen molar-refractivity contribution in [3.8, 4) is 0 Å². The molecule has 0 N–H and O–H groups in total. The third-order valence-electron chi connectivity index (χ3n) is 5.09. The largest absolute Gasteiger partial charge is 0.465 e. The van der Waals surface area contributed by atoms with Gasteiger partial charge in [-0.2, -0.15) is 0 Å². The summed E-state index contributed by atoms with van der Waals surface area (Å²) >= 11 is 0. The van der Waals surface area contributed by atoms with E-state index in [1.807, 2.05) is 48.2 Å². The van der Waals surface area contributed by atoms with Gasteiger partial charge in [-0.25, -0.2) is 0 Å². The number of esters is 1. The van der Waals surface area contributed by atoms with Gasteiger partial charge in [-0.3, -0.25) is 9.59 Å². The fourth-order valence-corrected chi connectivity index (χ4v) is 3.88. The minimum Gasteiger partial charge on any atom is -0.465 e. The summed E-state index contributed by atoms with van der Waals surface area (Å²) in [7, 11) is 1.94. The molecular formula is C20H26N2O3. The maximum absolute atomic E-state index is 13.2. The summed E-state index contributed by atoms with van der Waals surface area (Å²) in [5.74, 6) is -0.0833. The first-order valence-corrected chi connectivity index (χ1v) is 8.93. The van der Waals surface area contributed by atoms with Crippen LogP contribution in [0.25, 0.3) is 0 Å². The second-order valence-electron chi connectivity index (χ2n) is 7.03. The second-order valence-corrected chi connectivity index (χ2v) is 7.03. The van der Waals surface area contributed by atoms with Gasteiger partial charge in [0.25, 0.3) is 0 Å². The highest BCUT2D eigenvalue weighted by Crippen LogP contribution is 2.34. The van der Waals surface area contributed by atoms with Crippen molar-refractivity contribution in [1.82, 2.24) is 9.13 Å². The molecule has 0 fully saturated rings. The van der Waals surface area contributed by atoms with E-state index in [4.69, 9.17) is 4.74 Å². The van der Waals surface area contributed by atoms with Gasteiger partial charge in [0.1, 0.15) is 0 Å². The van der Waals surface area contributed by atoms with Crippen molar-refractivity contribution >= 4 is 11.8 Å². The van der Waals surface area contributed by atoms with Crippen LogP contribution in [0.1, 0.15) is 72.2 Å². The van der Waals surface area contributed by atoms with Gasteiger partial charge in [0, 0.05) is 25.0 Å². The fraction of sp³-hybridized carbons (Fsp3) is 0.500. The summed E-state index contributed by atoms with van der Waals surface area (Å²) in [6, 6.07) is 5.88. The summed E-state index contributed by atoms with van der Waals surface area (Å²) in [6.07, 6.45) is 0.694. The minimum atomic E-state index is -0.264. The Balaban J connectivity index is 1.99. The van der Waals surface area contributed by atoms with E-state index in [0.717, 1.165) is 17.0 Å². The highest BCUT2D eigenvalue weighted by molar-refractivity contribution is 6.08. The molecule has 0 aliphatic carbocycles. The molecule has 5 heteroatoms. The minimum absolute atomic E-state index is 0.0164. The Morgan fingerprint density at radius 3 is 2.64 bits per heavy atom. The van der Waals surface area contributed by atoms with Crippen LogP contribution in [0, 0.1) is 6.92 Å². The van der Waals surface area contributed by atoms with E-state index < -0.39 is 0 Å². The molecule has 1 atom stereocenters. The zero-order chi connectivity index (χ0) is 18.3. The van der Waals surface area contributed by atoms with Crippen molar-refractivity contribution in [2.24, 2.45) is 7.05 Å². The van der Waals surface area contributed by atoms with Crippen molar-refractivity contribution in [2.45, 2.75) is 52.5 Å². The third kappa shape index (κ3) is 2.81. The van der Waals surface area contributed by atoms with Crippen LogP contribution in [0.2, 0.25) is 0 Å². The Morgan fingerprint density at radius 1 is 1.32 bits per heavy atom. The number of hydrogen-bond acceptors (Lipinski definition) is 3. The first-order chi connectivity index (χ1) is 11.9. The number of nitrogens with zero attached hydrogens (tertiary/aromatic N) is 2. The maximum Gasteiger partial charge on any atom is 0.315 e. The quantitative estimate of drug-likeness (QED) is 0.617. The van der Waals surface area contributed by atoms with Crippen LogP contribution in [0.15, 0.2) is 18.2 Å². The molecule has 1 aliphatic rings. The Kier molecular flexibility index (Phi) is 4.58. The zero-order valence-electron chi connectivity index (χ0n) is 15.6. The molecule has 1 aliphatic heterocycles. The van der Waals surface area contributed by atoms with Crippen LogP contribution >= 0.6 is 0 Å². The third-order valence-corrected chi connectivity index (χ3v) is 5.09. The lowest BCUT2D eigenvalue weighted by atomic mass is 10.0. The lowest BCUT2D eigenvalue weighted by Gasteiger charge is -2.11. The van der Waals surface area contributed by atoms with E-state index in [-0.39, 0.29) is 17.7 Å². The van der Waals surface area contributed by atoms with E-state index in [2.05, 4.69) is 13.8 Å². The molecule has 0 saturated carbocycles. The Labute approximate surface area is 148 Å². The van der Waals surface area contributed by atoms with E-state index >= 15 is 0 Å². The SMILES string of the molecule is CCOC(=O)C1CCn2c1cc(C)c2C(=O)c1ccc(C(C)C)n1C. The summed E-state index contributed by atoms with van der Waals surface area (Å²) in [5.41, 5.74) is 4.34. The predicted molar refractivity (Wildman–Crippen MR) is 96.1 cm³/mol. The van der Waals surface area contributed by atoms with Gasteiger partial charge in [-0.15, -0.1) is 0 Å². The van der Waals surface area contributed by atoms with Gasteiger partial charge >= 0.3 is 5.97 Å².